The van der Waals surface area contributed by atoms with Crippen LogP contribution in [0.4, 0.5) is 0 Å². The molecule has 5 aromatic rings. The van der Waals surface area contributed by atoms with Crippen LogP contribution in [0, 0.1) is 6.92 Å². The molecule has 1 N–H and O–H groups in total. The summed E-state index contributed by atoms with van der Waals surface area (Å²) >= 11 is 0. The molecular weight excluding hydrogens is 384 g/mol. The maximum atomic E-state index is 4.64. The van der Waals surface area contributed by atoms with Crippen LogP contribution < -0.4 is 0 Å². The number of aromatic nitrogens is 6. The second kappa shape index (κ2) is 7.23. The zero-order chi connectivity index (χ0) is 20.8. The quantitative estimate of drug-likeness (QED) is 0.461. The van der Waals surface area contributed by atoms with Crippen molar-refractivity contribution in [2.75, 3.05) is 0 Å². The zero-order valence-corrected chi connectivity index (χ0v) is 17.4. The van der Waals surface area contributed by atoms with Gasteiger partial charge in [0.2, 0.25) is 0 Å². The first-order valence-electron chi connectivity index (χ1n) is 10.8. The van der Waals surface area contributed by atoms with Crippen LogP contribution in [0.25, 0.3) is 11.0 Å². The van der Waals surface area contributed by atoms with Crippen molar-refractivity contribution < 1.29 is 0 Å². The van der Waals surface area contributed by atoms with E-state index in [0.29, 0.717) is 6.04 Å². The number of nitrogens with one attached hydrogen (secondary N) is 1. The number of aryl methyl sites for hydroxylation is 2. The molecule has 31 heavy (non-hydrogen) atoms. The maximum Gasteiger partial charge on any atom is 0.104 e. The van der Waals surface area contributed by atoms with E-state index in [9.17, 15) is 0 Å². The highest BCUT2D eigenvalue weighted by molar-refractivity contribution is 5.76. The van der Waals surface area contributed by atoms with Crippen LogP contribution >= 0.6 is 0 Å². The van der Waals surface area contributed by atoms with Crippen molar-refractivity contribution >= 4 is 11.0 Å². The molecule has 2 aromatic carbocycles. The van der Waals surface area contributed by atoms with Crippen molar-refractivity contribution in [1.82, 2.24) is 29.1 Å². The molecule has 0 bridgehead atoms. The lowest BCUT2D eigenvalue weighted by molar-refractivity contribution is 0.572. The highest BCUT2D eigenvalue weighted by Gasteiger charge is 2.25. The average molecular weight is 409 g/mol. The highest BCUT2D eigenvalue weighted by atomic mass is 15.1. The number of fused-ring (bicyclic) bond motifs is 2. The Hall–Kier alpha value is -3.67. The lowest BCUT2D eigenvalue weighted by Crippen LogP contribution is -2.13. The summed E-state index contributed by atoms with van der Waals surface area (Å²) in [6.45, 7) is 1.99. The molecule has 0 radical (unpaired) electrons. The summed E-state index contributed by atoms with van der Waals surface area (Å²) in [7, 11) is 0. The fraction of sp³-hybridized carbons (Fsp3) is 0.240. The number of benzene rings is 2. The third-order valence-corrected chi connectivity index (χ3v) is 6.47. The molecule has 6 rings (SSSR count). The summed E-state index contributed by atoms with van der Waals surface area (Å²) in [6.07, 6.45) is 14.8. The van der Waals surface area contributed by atoms with Gasteiger partial charge < -0.3 is 14.1 Å². The summed E-state index contributed by atoms with van der Waals surface area (Å²) in [4.78, 5) is 16.5. The van der Waals surface area contributed by atoms with Crippen molar-refractivity contribution in [2.45, 2.75) is 38.3 Å². The van der Waals surface area contributed by atoms with Crippen molar-refractivity contribution in [1.29, 1.82) is 0 Å². The third-order valence-electron chi connectivity index (χ3n) is 6.47. The van der Waals surface area contributed by atoms with Crippen molar-refractivity contribution in [3.05, 3.63) is 102 Å². The standard InChI is InChI=1S/C25H24N6/c1-17-28-22-6-4-20(14-23(22)29-17)25(31-11-9-27-16-31)13-18-2-3-19-5-7-24(21(19)12-18)30-10-8-26-15-30/h2-4,6,8-12,14-16,24-25H,5,7,13H2,1H3,(H,28,29). The first kappa shape index (κ1) is 18.1. The monoisotopic (exact) mass is 408 g/mol. The molecule has 0 amide bonds. The molecule has 3 aromatic heterocycles. The van der Waals surface area contributed by atoms with E-state index in [2.05, 4.69) is 71.7 Å². The van der Waals surface area contributed by atoms with E-state index < -0.39 is 0 Å². The molecule has 0 aliphatic heterocycles. The van der Waals surface area contributed by atoms with Crippen LogP contribution in [0.15, 0.2) is 73.8 Å². The van der Waals surface area contributed by atoms with Crippen LogP contribution in [0.3, 0.4) is 0 Å². The van der Waals surface area contributed by atoms with Gasteiger partial charge in [0.05, 0.1) is 35.8 Å². The second-order valence-electron chi connectivity index (χ2n) is 8.43. The first-order chi connectivity index (χ1) is 15.2. The van der Waals surface area contributed by atoms with Crippen molar-refractivity contribution in [3.8, 4) is 0 Å². The second-order valence-corrected chi connectivity index (χ2v) is 8.43. The van der Waals surface area contributed by atoms with Crippen LogP contribution in [-0.2, 0) is 12.8 Å². The minimum Gasteiger partial charge on any atom is -0.342 e. The number of rotatable bonds is 5. The number of imidazole rings is 3. The topological polar surface area (TPSA) is 64.3 Å². The average Bonchev–Trinajstić information content (AvgIpc) is 3.57. The predicted octanol–water partition coefficient (Wildman–Crippen LogP) is 4.63. The van der Waals surface area contributed by atoms with Gasteiger partial charge >= 0.3 is 0 Å². The van der Waals surface area contributed by atoms with E-state index in [1.807, 2.05) is 38.2 Å². The van der Waals surface area contributed by atoms with Crippen LogP contribution in [0.1, 0.15) is 46.6 Å². The normalized spacial score (nSPS) is 16.6. The Morgan fingerprint density at radius 1 is 1.06 bits per heavy atom. The molecule has 0 saturated carbocycles. The summed E-state index contributed by atoms with van der Waals surface area (Å²) in [5.74, 6) is 0.940. The molecule has 154 valence electrons. The lowest BCUT2D eigenvalue weighted by Gasteiger charge is -2.21. The SMILES string of the molecule is Cc1nc2cc(C(Cc3ccc4c(c3)C(n3ccnc3)CC4)n3ccnc3)ccc2[nH]1. The molecule has 1 aliphatic carbocycles. The Balaban J connectivity index is 1.37. The van der Waals surface area contributed by atoms with Gasteiger partial charge in [-0.25, -0.2) is 15.0 Å². The number of nitrogens with zero attached hydrogens (tertiary/aromatic N) is 5. The van der Waals surface area contributed by atoms with Gasteiger partial charge in [-0.3, -0.25) is 0 Å². The molecule has 3 heterocycles. The van der Waals surface area contributed by atoms with Gasteiger partial charge in [0.25, 0.3) is 0 Å². The summed E-state index contributed by atoms with van der Waals surface area (Å²) in [5, 5.41) is 0. The van der Waals surface area contributed by atoms with Gasteiger partial charge in [-0.1, -0.05) is 24.3 Å². The Kier molecular flexibility index (Phi) is 4.23. The van der Waals surface area contributed by atoms with Gasteiger partial charge in [-0.2, -0.15) is 0 Å². The fourth-order valence-corrected chi connectivity index (χ4v) is 4.95. The van der Waals surface area contributed by atoms with Crippen molar-refractivity contribution in [3.63, 3.8) is 0 Å². The van der Waals surface area contributed by atoms with Crippen LogP contribution in [0.5, 0.6) is 0 Å². The smallest absolute Gasteiger partial charge is 0.104 e. The van der Waals surface area contributed by atoms with Crippen LogP contribution in [-0.4, -0.2) is 29.1 Å². The minimum absolute atomic E-state index is 0.162. The summed E-state index contributed by atoms with van der Waals surface area (Å²) in [6, 6.07) is 14.1. The van der Waals surface area contributed by atoms with E-state index in [1.165, 1.54) is 22.3 Å². The molecule has 2 atom stereocenters. The Bertz CT molecular complexity index is 1330. The number of aromatic amines is 1. The van der Waals surface area contributed by atoms with Crippen molar-refractivity contribution in [2.24, 2.45) is 0 Å². The molecular formula is C25H24N6. The number of hydrogen-bond donors (Lipinski definition) is 1. The molecule has 0 spiro atoms. The minimum atomic E-state index is 0.162. The molecule has 6 heteroatoms. The molecule has 0 saturated heterocycles. The zero-order valence-electron chi connectivity index (χ0n) is 17.4. The largest absolute Gasteiger partial charge is 0.342 e. The van der Waals surface area contributed by atoms with E-state index in [0.717, 1.165) is 36.1 Å². The van der Waals surface area contributed by atoms with Gasteiger partial charge in [-0.15, -0.1) is 0 Å². The lowest BCUT2D eigenvalue weighted by atomic mass is 9.95. The van der Waals surface area contributed by atoms with Crippen LogP contribution in [0.2, 0.25) is 0 Å². The van der Waals surface area contributed by atoms with Gasteiger partial charge in [0, 0.05) is 24.8 Å². The Morgan fingerprint density at radius 2 is 1.97 bits per heavy atom. The van der Waals surface area contributed by atoms with E-state index in [1.54, 1.807) is 0 Å². The maximum absolute atomic E-state index is 4.64. The molecule has 6 nitrogen and oxygen atoms in total. The van der Waals surface area contributed by atoms with E-state index >= 15 is 0 Å². The first-order valence-corrected chi connectivity index (χ1v) is 10.8. The molecule has 0 fully saturated rings. The Morgan fingerprint density at radius 3 is 2.81 bits per heavy atom. The predicted molar refractivity (Wildman–Crippen MR) is 120 cm³/mol. The third kappa shape index (κ3) is 3.24. The van der Waals surface area contributed by atoms with Gasteiger partial charge in [0.1, 0.15) is 5.82 Å². The molecule has 2 unspecified atom stereocenters. The fourth-order valence-electron chi connectivity index (χ4n) is 4.95. The molecule has 1 aliphatic rings. The van der Waals surface area contributed by atoms with Gasteiger partial charge in [-0.05, 0) is 60.6 Å². The van der Waals surface area contributed by atoms with E-state index in [4.69, 9.17) is 0 Å². The Labute approximate surface area is 180 Å². The number of H-pyrrole nitrogens is 1. The highest BCUT2D eigenvalue weighted by Crippen LogP contribution is 2.36. The van der Waals surface area contributed by atoms with Gasteiger partial charge in [0.15, 0.2) is 0 Å². The number of hydrogen-bond acceptors (Lipinski definition) is 3. The van der Waals surface area contributed by atoms with E-state index in [-0.39, 0.29) is 6.04 Å². The summed E-state index contributed by atoms with van der Waals surface area (Å²) in [5.41, 5.74) is 7.54. The summed E-state index contributed by atoms with van der Waals surface area (Å²) < 4.78 is 4.43.